The first-order chi connectivity index (χ1) is 40.0. The number of carbonyl (C=O) groups excluding carboxylic acids is 3. The third-order valence-electron chi connectivity index (χ3n) is 15.7. The third-order valence-corrected chi connectivity index (χ3v) is 15.7. The van der Waals surface area contributed by atoms with Crippen molar-refractivity contribution >= 4 is 17.9 Å². The minimum absolute atomic E-state index is 0.0762. The Bertz CT molecular complexity index is 1490. The van der Waals surface area contributed by atoms with Gasteiger partial charge in [0.25, 0.3) is 0 Å². The molecule has 6 heteroatoms. The van der Waals surface area contributed by atoms with Crippen molar-refractivity contribution in [3.63, 3.8) is 0 Å². The normalized spacial score (nSPS) is 12.5. The van der Waals surface area contributed by atoms with Crippen molar-refractivity contribution in [3.8, 4) is 0 Å². The van der Waals surface area contributed by atoms with Gasteiger partial charge in [-0.25, -0.2) is 0 Å². The lowest BCUT2D eigenvalue weighted by atomic mass is 10.0. The molecular formula is C75H134O6. The summed E-state index contributed by atoms with van der Waals surface area (Å²) in [6.07, 6.45) is 90.6. The van der Waals surface area contributed by atoms with E-state index in [1.54, 1.807) is 0 Å². The van der Waals surface area contributed by atoms with Gasteiger partial charge in [0, 0.05) is 19.3 Å². The maximum Gasteiger partial charge on any atom is 0.306 e. The fraction of sp³-hybridized carbons (Fsp3) is 0.800. The van der Waals surface area contributed by atoms with Crippen LogP contribution in [0.15, 0.2) is 72.9 Å². The van der Waals surface area contributed by atoms with E-state index in [-0.39, 0.29) is 31.1 Å². The van der Waals surface area contributed by atoms with Crippen LogP contribution in [-0.4, -0.2) is 37.2 Å². The van der Waals surface area contributed by atoms with E-state index in [2.05, 4.69) is 93.7 Å². The second kappa shape index (κ2) is 69.3. The zero-order valence-corrected chi connectivity index (χ0v) is 54.1. The lowest BCUT2D eigenvalue weighted by Crippen LogP contribution is -2.30. The van der Waals surface area contributed by atoms with Crippen LogP contribution in [0.4, 0.5) is 0 Å². The number of allylic oxidation sites excluding steroid dienone is 12. The summed E-state index contributed by atoms with van der Waals surface area (Å²) in [4.78, 5) is 38.5. The van der Waals surface area contributed by atoms with Gasteiger partial charge in [-0.15, -0.1) is 0 Å². The molecule has 0 aromatic rings. The van der Waals surface area contributed by atoms with Crippen LogP contribution in [0.2, 0.25) is 0 Å². The number of unbranched alkanes of at least 4 members (excludes halogenated alkanes) is 42. The Labute approximate surface area is 503 Å². The number of rotatable bonds is 65. The molecule has 0 amide bonds. The zero-order chi connectivity index (χ0) is 58.5. The van der Waals surface area contributed by atoms with Crippen molar-refractivity contribution < 1.29 is 28.6 Å². The summed E-state index contributed by atoms with van der Waals surface area (Å²) in [5.74, 6) is -0.865. The molecule has 0 bridgehead atoms. The van der Waals surface area contributed by atoms with Gasteiger partial charge in [-0.05, 0) is 89.9 Å². The summed E-state index contributed by atoms with van der Waals surface area (Å²) in [6, 6.07) is 0. The predicted octanol–water partition coefficient (Wildman–Crippen LogP) is 24.4. The summed E-state index contributed by atoms with van der Waals surface area (Å²) >= 11 is 0. The Morgan fingerprint density at radius 2 is 0.481 bits per heavy atom. The summed E-state index contributed by atoms with van der Waals surface area (Å²) < 4.78 is 17.0. The van der Waals surface area contributed by atoms with Gasteiger partial charge in [0.2, 0.25) is 0 Å². The average molecular weight is 1130 g/mol. The predicted molar refractivity (Wildman–Crippen MR) is 353 cm³/mol. The summed E-state index contributed by atoms with van der Waals surface area (Å²) in [7, 11) is 0. The Morgan fingerprint density at radius 3 is 0.765 bits per heavy atom. The van der Waals surface area contributed by atoms with Crippen LogP contribution in [-0.2, 0) is 28.6 Å². The molecule has 1 atom stereocenters. The maximum absolute atomic E-state index is 13.0. The highest BCUT2D eigenvalue weighted by Crippen LogP contribution is 2.18. The average Bonchev–Trinajstić information content (AvgIpc) is 3.47. The molecule has 0 heterocycles. The smallest absolute Gasteiger partial charge is 0.306 e. The Hall–Kier alpha value is -3.15. The van der Waals surface area contributed by atoms with Crippen LogP contribution in [0.1, 0.15) is 367 Å². The number of esters is 3. The highest BCUT2D eigenvalue weighted by atomic mass is 16.6. The first-order valence-electron chi connectivity index (χ1n) is 35.4. The van der Waals surface area contributed by atoms with Gasteiger partial charge in [0.05, 0.1) is 0 Å². The van der Waals surface area contributed by atoms with E-state index < -0.39 is 6.10 Å². The van der Waals surface area contributed by atoms with Gasteiger partial charge in [0.15, 0.2) is 6.10 Å². The first-order valence-corrected chi connectivity index (χ1v) is 35.4. The molecule has 0 aliphatic carbocycles. The molecule has 470 valence electrons. The van der Waals surface area contributed by atoms with Crippen LogP contribution in [0, 0.1) is 0 Å². The third kappa shape index (κ3) is 67.5. The Kier molecular flexibility index (Phi) is 66.6. The van der Waals surface area contributed by atoms with Crippen molar-refractivity contribution in [2.45, 2.75) is 374 Å². The Balaban J connectivity index is 4.37. The van der Waals surface area contributed by atoms with Crippen LogP contribution < -0.4 is 0 Å². The largest absolute Gasteiger partial charge is 0.462 e. The van der Waals surface area contributed by atoms with Crippen molar-refractivity contribution in [3.05, 3.63) is 72.9 Å². The van der Waals surface area contributed by atoms with E-state index in [4.69, 9.17) is 14.2 Å². The van der Waals surface area contributed by atoms with E-state index in [0.29, 0.717) is 19.3 Å². The van der Waals surface area contributed by atoms with E-state index >= 15 is 0 Å². The van der Waals surface area contributed by atoms with Crippen LogP contribution in [0.25, 0.3) is 0 Å². The lowest BCUT2D eigenvalue weighted by Gasteiger charge is -2.18. The number of carbonyl (C=O) groups is 3. The molecule has 0 spiro atoms. The minimum Gasteiger partial charge on any atom is -0.462 e. The molecule has 0 aliphatic heterocycles. The van der Waals surface area contributed by atoms with Gasteiger partial charge in [-0.1, -0.05) is 331 Å². The highest BCUT2D eigenvalue weighted by molar-refractivity contribution is 5.71. The van der Waals surface area contributed by atoms with Gasteiger partial charge in [0.1, 0.15) is 13.2 Å². The van der Waals surface area contributed by atoms with Gasteiger partial charge < -0.3 is 14.2 Å². The monoisotopic (exact) mass is 1130 g/mol. The van der Waals surface area contributed by atoms with Gasteiger partial charge >= 0.3 is 17.9 Å². The zero-order valence-electron chi connectivity index (χ0n) is 54.1. The van der Waals surface area contributed by atoms with Crippen molar-refractivity contribution in [1.29, 1.82) is 0 Å². The summed E-state index contributed by atoms with van der Waals surface area (Å²) in [6.45, 7) is 6.58. The second-order valence-corrected chi connectivity index (χ2v) is 23.8. The highest BCUT2D eigenvalue weighted by Gasteiger charge is 2.19. The van der Waals surface area contributed by atoms with Crippen LogP contribution >= 0.6 is 0 Å². The molecule has 0 rings (SSSR count). The minimum atomic E-state index is -0.781. The van der Waals surface area contributed by atoms with E-state index in [0.717, 1.165) is 96.3 Å². The van der Waals surface area contributed by atoms with Gasteiger partial charge in [-0.2, -0.15) is 0 Å². The molecule has 0 aromatic carbocycles. The fourth-order valence-electron chi connectivity index (χ4n) is 10.4. The molecule has 0 aromatic heterocycles. The van der Waals surface area contributed by atoms with Crippen LogP contribution in [0.5, 0.6) is 0 Å². The van der Waals surface area contributed by atoms with Gasteiger partial charge in [-0.3, -0.25) is 14.4 Å². The molecule has 0 fully saturated rings. The molecule has 0 saturated heterocycles. The molecule has 1 unspecified atom stereocenters. The lowest BCUT2D eigenvalue weighted by molar-refractivity contribution is -0.167. The first kappa shape index (κ1) is 77.9. The molecule has 0 N–H and O–H groups in total. The number of hydrogen-bond acceptors (Lipinski definition) is 6. The Morgan fingerprint density at radius 1 is 0.259 bits per heavy atom. The van der Waals surface area contributed by atoms with Crippen molar-refractivity contribution in [2.24, 2.45) is 0 Å². The number of hydrogen-bond donors (Lipinski definition) is 0. The van der Waals surface area contributed by atoms with E-state index in [1.807, 2.05) is 0 Å². The van der Waals surface area contributed by atoms with Crippen LogP contribution in [0.3, 0.4) is 0 Å². The molecule has 0 saturated carbocycles. The standard InChI is InChI=1S/C75H134O6/c1-4-7-10-13-16-19-22-25-28-31-34-36-37-39-41-44-47-50-53-56-59-62-65-68-74(77)80-71-72(70-79-73(76)67-64-61-58-55-52-49-46-43-40-33-30-27-24-21-18-15-12-9-6-3)81-75(78)69-66-63-60-57-54-51-48-45-42-38-35-32-29-26-23-20-17-14-11-8-5-2/h7,10,16,19,25,27-28,30,34,36,39,41,72H,4-6,8-9,11-15,17-18,20-24,26,29,31-33,35,37-38,40,42-71H2,1-3H3/b10-7-,19-16-,28-25-,30-27-,36-34-,41-39-. The van der Waals surface area contributed by atoms with E-state index in [9.17, 15) is 14.4 Å². The maximum atomic E-state index is 13.0. The molecule has 0 aliphatic rings. The fourth-order valence-corrected chi connectivity index (χ4v) is 10.4. The summed E-state index contributed by atoms with van der Waals surface area (Å²) in [5.41, 5.74) is 0. The number of ether oxygens (including phenoxy) is 3. The quantitative estimate of drug-likeness (QED) is 0.0261. The molecule has 6 nitrogen and oxygen atoms in total. The molecular weight excluding hydrogens is 997 g/mol. The topological polar surface area (TPSA) is 78.9 Å². The second-order valence-electron chi connectivity index (χ2n) is 23.8. The summed E-state index contributed by atoms with van der Waals surface area (Å²) in [5, 5.41) is 0. The molecule has 0 radical (unpaired) electrons. The van der Waals surface area contributed by atoms with E-state index in [1.165, 1.54) is 231 Å². The molecule has 81 heavy (non-hydrogen) atoms. The van der Waals surface area contributed by atoms with Crippen molar-refractivity contribution in [2.75, 3.05) is 13.2 Å². The SMILES string of the molecule is CC/C=C\C/C=C\C/C=C\C/C=C\C/C=C\CCCCCCCCCC(=O)OCC(COC(=O)CCCCCCCCCCC/C=C\CCCCCCCC)OC(=O)CCCCCCCCCCCCCCCCCCCCCCC. The van der Waals surface area contributed by atoms with Crippen molar-refractivity contribution in [1.82, 2.24) is 0 Å².